The van der Waals surface area contributed by atoms with Gasteiger partial charge in [0, 0.05) is 43.5 Å². The number of carboxylic acids is 1. The first kappa shape index (κ1) is 25.1. The van der Waals surface area contributed by atoms with Crippen molar-refractivity contribution < 1.29 is 19.7 Å². The van der Waals surface area contributed by atoms with Crippen molar-refractivity contribution in [2.75, 3.05) is 26.7 Å². The number of rotatable bonds is 12. The lowest BCUT2D eigenvalue weighted by Gasteiger charge is -2.38. The molecule has 1 unspecified atom stereocenters. The summed E-state index contributed by atoms with van der Waals surface area (Å²) in [6.45, 7) is 3.69. The summed E-state index contributed by atoms with van der Waals surface area (Å²) in [5, 5.41) is 25.7. The van der Waals surface area contributed by atoms with Crippen LogP contribution in [-0.4, -0.2) is 62.6 Å². The molecule has 35 heavy (non-hydrogen) atoms. The second kappa shape index (κ2) is 12.1. The summed E-state index contributed by atoms with van der Waals surface area (Å²) in [4.78, 5) is 18.4. The summed E-state index contributed by atoms with van der Waals surface area (Å²) in [6.07, 6.45) is 9.56. The SMILES string of the molecule is COc1ccc2nccc(C(O)CC[C@@H]3CCN(CCCCn4cccn4)C[C@@H]3CC(=O)O)c2c1. The zero-order chi connectivity index (χ0) is 24.6. The molecule has 188 valence electrons. The van der Waals surface area contributed by atoms with Gasteiger partial charge in [-0.2, -0.15) is 5.10 Å². The van der Waals surface area contributed by atoms with Crippen LogP contribution in [0.2, 0.25) is 0 Å². The Labute approximate surface area is 206 Å². The number of carboxylic acid groups (broad SMARTS) is 1. The van der Waals surface area contributed by atoms with Gasteiger partial charge in [0.25, 0.3) is 0 Å². The van der Waals surface area contributed by atoms with Crippen LogP contribution in [0.3, 0.4) is 0 Å². The van der Waals surface area contributed by atoms with Crippen LogP contribution in [0.15, 0.2) is 48.9 Å². The van der Waals surface area contributed by atoms with Crippen molar-refractivity contribution in [1.29, 1.82) is 0 Å². The molecular weight excluding hydrogens is 444 g/mol. The number of fused-ring (bicyclic) bond motifs is 1. The summed E-state index contributed by atoms with van der Waals surface area (Å²) >= 11 is 0. The highest BCUT2D eigenvalue weighted by Gasteiger charge is 2.31. The van der Waals surface area contributed by atoms with Crippen molar-refractivity contribution in [3.8, 4) is 5.75 Å². The smallest absolute Gasteiger partial charge is 0.303 e. The first-order valence-corrected chi connectivity index (χ1v) is 12.6. The molecule has 1 fully saturated rings. The third-order valence-electron chi connectivity index (χ3n) is 7.24. The monoisotopic (exact) mass is 480 g/mol. The molecule has 3 heterocycles. The Bertz CT molecular complexity index is 1090. The van der Waals surface area contributed by atoms with Gasteiger partial charge in [0.2, 0.25) is 0 Å². The summed E-state index contributed by atoms with van der Waals surface area (Å²) in [7, 11) is 1.63. The molecule has 0 spiro atoms. The molecule has 1 aromatic carbocycles. The number of benzene rings is 1. The minimum absolute atomic E-state index is 0.105. The number of piperidine rings is 1. The molecule has 8 nitrogen and oxygen atoms in total. The molecule has 1 aliphatic rings. The Kier molecular flexibility index (Phi) is 8.71. The Morgan fingerprint density at radius 3 is 2.83 bits per heavy atom. The number of nitrogens with zero attached hydrogens (tertiary/aromatic N) is 4. The average Bonchev–Trinajstić information content (AvgIpc) is 3.38. The first-order valence-electron chi connectivity index (χ1n) is 12.6. The summed E-state index contributed by atoms with van der Waals surface area (Å²) in [6, 6.07) is 9.49. The molecule has 4 rings (SSSR count). The first-order chi connectivity index (χ1) is 17.0. The maximum atomic E-state index is 11.6. The number of aromatic nitrogens is 3. The summed E-state index contributed by atoms with van der Waals surface area (Å²) < 4.78 is 7.30. The van der Waals surface area contributed by atoms with Crippen molar-refractivity contribution in [3.63, 3.8) is 0 Å². The van der Waals surface area contributed by atoms with Gasteiger partial charge in [-0.1, -0.05) is 0 Å². The van der Waals surface area contributed by atoms with Crippen LogP contribution in [0.5, 0.6) is 5.75 Å². The van der Waals surface area contributed by atoms with E-state index in [0.717, 1.165) is 74.1 Å². The predicted octanol–water partition coefficient (Wildman–Crippen LogP) is 4.15. The van der Waals surface area contributed by atoms with Gasteiger partial charge in [-0.3, -0.25) is 14.5 Å². The zero-order valence-corrected chi connectivity index (χ0v) is 20.4. The molecule has 1 saturated heterocycles. The van der Waals surface area contributed by atoms with Crippen LogP contribution in [0.4, 0.5) is 0 Å². The highest BCUT2D eigenvalue weighted by molar-refractivity contribution is 5.83. The topological polar surface area (TPSA) is 101 Å². The van der Waals surface area contributed by atoms with Crippen molar-refractivity contribution >= 4 is 16.9 Å². The maximum absolute atomic E-state index is 11.6. The van der Waals surface area contributed by atoms with Crippen LogP contribution in [-0.2, 0) is 11.3 Å². The van der Waals surface area contributed by atoms with Gasteiger partial charge in [-0.25, -0.2) is 0 Å². The molecule has 8 heteroatoms. The molecule has 0 saturated carbocycles. The van der Waals surface area contributed by atoms with Gasteiger partial charge < -0.3 is 19.8 Å². The quantitative estimate of drug-likeness (QED) is 0.376. The number of methoxy groups -OCH3 is 1. The number of carbonyl (C=O) groups is 1. The van der Waals surface area contributed by atoms with Crippen molar-refractivity contribution in [3.05, 3.63) is 54.5 Å². The fourth-order valence-corrected chi connectivity index (χ4v) is 5.33. The second-order valence-corrected chi connectivity index (χ2v) is 9.56. The van der Waals surface area contributed by atoms with Gasteiger partial charge >= 0.3 is 5.97 Å². The Morgan fingerprint density at radius 1 is 1.20 bits per heavy atom. The van der Waals surface area contributed by atoms with E-state index in [1.54, 1.807) is 19.5 Å². The van der Waals surface area contributed by atoms with E-state index in [1.807, 2.05) is 41.2 Å². The lowest BCUT2D eigenvalue weighted by Crippen LogP contribution is -2.41. The second-order valence-electron chi connectivity index (χ2n) is 9.56. The predicted molar refractivity (Wildman–Crippen MR) is 134 cm³/mol. The number of ether oxygens (including phenoxy) is 1. The molecule has 2 N–H and O–H groups in total. The van der Waals surface area contributed by atoms with E-state index < -0.39 is 12.1 Å². The Balaban J connectivity index is 1.32. The Hall–Kier alpha value is -2.97. The van der Waals surface area contributed by atoms with Crippen molar-refractivity contribution in [2.45, 2.75) is 51.2 Å². The largest absolute Gasteiger partial charge is 0.497 e. The van der Waals surface area contributed by atoms with Gasteiger partial charge in [-0.05, 0) is 92.9 Å². The van der Waals surface area contributed by atoms with Gasteiger partial charge in [0.1, 0.15) is 5.75 Å². The van der Waals surface area contributed by atoms with Crippen LogP contribution in [0.1, 0.15) is 50.2 Å². The van der Waals surface area contributed by atoms with E-state index in [9.17, 15) is 15.0 Å². The number of hydrogen-bond donors (Lipinski definition) is 2. The van der Waals surface area contributed by atoms with E-state index in [1.165, 1.54) is 0 Å². The van der Waals surface area contributed by atoms with E-state index in [4.69, 9.17) is 4.74 Å². The average molecular weight is 481 g/mol. The number of aryl methyl sites for hydroxylation is 1. The molecule has 0 bridgehead atoms. The van der Waals surface area contributed by atoms with Gasteiger partial charge in [-0.15, -0.1) is 0 Å². The summed E-state index contributed by atoms with van der Waals surface area (Å²) in [5.41, 5.74) is 1.67. The highest BCUT2D eigenvalue weighted by atomic mass is 16.5. The third kappa shape index (κ3) is 6.80. The van der Waals surface area contributed by atoms with Crippen LogP contribution in [0, 0.1) is 11.8 Å². The standard InChI is InChI=1S/C27H36N4O4/c1-35-22-6-7-25-24(18-22)23(9-12-28-25)26(32)8-5-20-10-16-30(19-21(20)17-27(33)34)13-2-3-14-31-15-4-11-29-31/h4,6-7,9,11-12,15,18,20-21,26,32H,2-3,5,8,10,13-14,16-17,19H2,1H3,(H,33,34)/t20-,21+,26?/m1/s1. The van der Waals surface area contributed by atoms with Crippen molar-refractivity contribution in [2.24, 2.45) is 11.8 Å². The number of aliphatic hydroxyl groups excluding tert-OH is 1. The Morgan fingerprint density at radius 2 is 2.06 bits per heavy atom. The molecule has 2 aromatic heterocycles. The van der Waals surface area contributed by atoms with Crippen LogP contribution >= 0.6 is 0 Å². The third-order valence-corrected chi connectivity index (χ3v) is 7.24. The number of unbranched alkanes of at least 4 members (excludes halogenated alkanes) is 1. The minimum atomic E-state index is -0.742. The van der Waals surface area contributed by atoms with Gasteiger partial charge in [0.15, 0.2) is 0 Å². The zero-order valence-electron chi connectivity index (χ0n) is 20.4. The lowest BCUT2D eigenvalue weighted by molar-refractivity contribution is -0.139. The fraction of sp³-hybridized carbons (Fsp3) is 0.519. The molecule has 0 radical (unpaired) electrons. The van der Waals surface area contributed by atoms with Crippen molar-refractivity contribution in [1.82, 2.24) is 19.7 Å². The van der Waals surface area contributed by atoms with E-state index in [2.05, 4.69) is 15.0 Å². The van der Waals surface area contributed by atoms with E-state index in [-0.39, 0.29) is 12.3 Å². The molecule has 1 aliphatic heterocycles. The normalized spacial score (nSPS) is 19.6. The summed E-state index contributed by atoms with van der Waals surface area (Å²) in [5.74, 6) is 0.392. The molecule has 0 amide bonds. The number of hydrogen-bond acceptors (Lipinski definition) is 6. The fourth-order valence-electron chi connectivity index (χ4n) is 5.33. The molecular formula is C27H36N4O4. The maximum Gasteiger partial charge on any atom is 0.303 e. The number of aliphatic carboxylic acids is 1. The van der Waals surface area contributed by atoms with Gasteiger partial charge in [0.05, 0.1) is 18.7 Å². The number of aliphatic hydroxyl groups is 1. The lowest BCUT2D eigenvalue weighted by atomic mass is 9.79. The van der Waals surface area contributed by atoms with E-state index in [0.29, 0.717) is 12.3 Å². The number of likely N-dealkylation sites (tertiary alicyclic amines) is 1. The molecule has 0 aliphatic carbocycles. The molecule has 3 aromatic rings. The highest BCUT2D eigenvalue weighted by Crippen LogP contribution is 2.34. The number of pyridine rings is 1. The van der Waals surface area contributed by atoms with E-state index >= 15 is 0 Å². The van der Waals surface area contributed by atoms with Crippen LogP contribution < -0.4 is 4.74 Å². The van der Waals surface area contributed by atoms with Crippen LogP contribution in [0.25, 0.3) is 10.9 Å². The molecule has 3 atom stereocenters. The minimum Gasteiger partial charge on any atom is -0.497 e.